The van der Waals surface area contributed by atoms with Crippen LogP contribution in [0.3, 0.4) is 0 Å². The fourth-order valence-electron chi connectivity index (χ4n) is 2.63. The van der Waals surface area contributed by atoms with E-state index in [0.29, 0.717) is 12.2 Å². The number of ether oxygens (including phenoxy) is 1. The Balaban J connectivity index is 2.21. The van der Waals surface area contributed by atoms with Gasteiger partial charge in [-0.25, -0.2) is 4.39 Å². The van der Waals surface area contributed by atoms with E-state index in [1.807, 2.05) is 19.9 Å². The molecule has 17 heavy (non-hydrogen) atoms. The van der Waals surface area contributed by atoms with E-state index < -0.39 is 6.10 Å². The first-order valence-corrected chi connectivity index (χ1v) is 6.18. The van der Waals surface area contributed by atoms with E-state index in [1.165, 1.54) is 12.1 Å². The van der Waals surface area contributed by atoms with Crippen LogP contribution in [0.15, 0.2) is 18.2 Å². The summed E-state index contributed by atoms with van der Waals surface area (Å²) in [5.41, 5.74) is 1.50. The molecule has 3 atom stereocenters. The molecule has 0 bridgehead atoms. The van der Waals surface area contributed by atoms with Gasteiger partial charge in [0.1, 0.15) is 5.82 Å². The van der Waals surface area contributed by atoms with Crippen molar-refractivity contribution in [2.45, 2.75) is 38.9 Å². The Kier molecular flexibility index (Phi) is 3.79. The number of aliphatic hydroxyl groups excluding tert-OH is 1. The Morgan fingerprint density at radius 3 is 2.88 bits per heavy atom. The minimum absolute atomic E-state index is 0.0844. The van der Waals surface area contributed by atoms with Gasteiger partial charge in [0, 0.05) is 12.5 Å². The van der Waals surface area contributed by atoms with E-state index in [1.54, 1.807) is 0 Å². The van der Waals surface area contributed by atoms with Crippen LogP contribution >= 0.6 is 0 Å². The lowest BCUT2D eigenvalue weighted by molar-refractivity contribution is 0.0306. The molecule has 2 rings (SSSR count). The second-order valence-electron chi connectivity index (χ2n) is 4.78. The molecule has 1 aliphatic heterocycles. The molecule has 0 saturated carbocycles. The van der Waals surface area contributed by atoms with E-state index in [4.69, 9.17) is 4.74 Å². The lowest BCUT2D eigenvalue weighted by Gasteiger charge is -2.23. The third-order valence-electron chi connectivity index (χ3n) is 3.47. The maximum atomic E-state index is 13.3. The van der Waals surface area contributed by atoms with Crippen LogP contribution in [0.4, 0.5) is 4.39 Å². The number of aryl methyl sites for hydroxylation is 1. The van der Waals surface area contributed by atoms with Crippen molar-refractivity contribution in [2.75, 3.05) is 6.61 Å². The molecule has 1 aromatic rings. The van der Waals surface area contributed by atoms with Crippen LogP contribution in [-0.2, 0) is 4.74 Å². The van der Waals surface area contributed by atoms with Gasteiger partial charge in [-0.3, -0.25) is 0 Å². The fraction of sp³-hybridized carbons (Fsp3) is 0.571. The highest BCUT2D eigenvalue weighted by Gasteiger charge is 2.33. The smallest absolute Gasteiger partial charge is 0.123 e. The standard InChI is InChI=1S/C14H19FO2/c1-3-13-12(4-5-17-13)14(16)10-6-9(2)7-11(15)8-10/h6-8,12-14,16H,3-5H2,1-2H3. The summed E-state index contributed by atoms with van der Waals surface area (Å²) in [5, 5.41) is 10.3. The molecule has 94 valence electrons. The highest BCUT2D eigenvalue weighted by atomic mass is 19.1. The van der Waals surface area contributed by atoms with Gasteiger partial charge >= 0.3 is 0 Å². The summed E-state index contributed by atoms with van der Waals surface area (Å²) in [7, 11) is 0. The van der Waals surface area contributed by atoms with Crippen molar-refractivity contribution in [3.8, 4) is 0 Å². The van der Waals surface area contributed by atoms with Crippen molar-refractivity contribution >= 4 is 0 Å². The van der Waals surface area contributed by atoms with Gasteiger partial charge in [0.25, 0.3) is 0 Å². The normalized spacial score (nSPS) is 26.1. The Bertz CT molecular complexity index is 372. The molecular weight excluding hydrogens is 219 g/mol. The largest absolute Gasteiger partial charge is 0.388 e. The summed E-state index contributed by atoms with van der Waals surface area (Å²) in [6.07, 6.45) is 1.19. The molecule has 2 nitrogen and oxygen atoms in total. The monoisotopic (exact) mass is 238 g/mol. The summed E-state index contributed by atoms with van der Waals surface area (Å²) >= 11 is 0. The quantitative estimate of drug-likeness (QED) is 0.877. The first-order valence-electron chi connectivity index (χ1n) is 6.18. The molecular formula is C14H19FO2. The fourth-order valence-corrected chi connectivity index (χ4v) is 2.63. The maximum absolute atomic E-state index is 13.3. The number of hydrogen-bond acceptors (Lipinski definition) is 2. The third kappa shape index (κ3) is 2.67. The van der Waals surface area contributed by atoms with E-state index >= 15 is 0 Å². The van der Waals surface area contributed by atoms with E-state index in [-0.39, 0.29) is 17.8 Å². The number of hydrogen-bond donors (Lipinski definition) is 1. The van der Waals surface area contributed by atoms with Crippen molar-refractivity contribution in [3.05, 3.63) is 35.1 Å². The zero-order valence-electron chi connectivity index (χ0n) is 10.3. The van der Waals surface area contributed by atoms with Gasteiger partial charge in [0.05, 0.1) is 12.2 Å². The second kappa shape index (κ2) is 5.15. The zero-order valence-corrected chi connectivity index (χ0v) is 10.3. The van der Waals surface area contributed by atoms with Gasteiger partial charge < -0.3 is 9.84 Å². The first kappa shape index (κ1) is 12.5. The number of aliphatic hydroxyl groups is 1. The van der Waals surface area contributed by atoms with Gasteiger partial charge in [-0.2, -0.15) is 0 Å². The van der Waals surface area contributed by atoms with Gasteiger partial charge in [-0.05, 0) is 43.0 Å². The van der Waals surface area contributed by atoms with Crippen molar-refractivity contribution in [1.82, 2.24) is 0 Å². The van der Waals surface area contributed by atoms with Crippen LogP contribution in [0.1, 0.15) is 37.0 Å². The Morgan fingerprint density at radius 2 is 2.24 bits per heavy atom. The lowest BCUT2D eigenvalue weighted by atomic mass is 9.88. The van der Waals surface area contributed by atoms with Crippen LogP contribution in [0.2, 0.25) is 0 Å². The molecule has 0 spiro atoms. The minimum Gasteiger partial charge on any atom is -0.388 e. The van der Waals surface area contributed by atoms with Gasteiger partial charge in [0.15, 0.2) is 0 Å². The summed E-state index contributed by atoms with van der Waals surface area (Å²) in [5.74, 6) is -0.202. The average Bonchev–Trinajstić information content (AvgIpc) is 2.74. The Morgan fingerprint density at radius 1 is 1.47 bits per heavy atom. The van der Waals surface area contributed by atoms with Gasteiger partial charge in [0.2, 0.25) is 0 Å². The summed E-state index contributed by atoms with van der Waals surface area (Å²) in [4.78, 5) is 0. The van der Waals surface area contributed by atoms with E-state index in [0.717, 1.165) is 18.4 Å². The molecule has 3 unspecified atom stereocenters. The lowest BCUT2D eigenvalue weighted by Crippen LogP contribution is -2.22. The van der Waals surface area contributed by atoms with Crippen molar-refractivity contribution in [3.63, 3.8) is 0 Å². The molecule has 0 aromatic heterocycles. The number of halogens is 1. The highest BCUT2D eigenvalue weighted by molar-refractivity contribution is 5.26. The van der Waals surface area contributed by atoms with Crippen molar-refractivity contribution < 1.29 is 14.2 Å². The molecule has 1 aromatic carbocycles. The first-order chi connectivity index (χ1) is 8.11. The summed E-state index contributed by atoms with van der Waals surface area (Å²) in [6.45, 7) is 4.57. The van der Waals surface area contributed by atoms with Crippen molar-refractivity contribution in [1.29, 1.82) is 0 Å². The molecule has 1 heterocycles. The molecule has 0 radical (unpaired) electrons. The number of benzene rings is 1. The summed E-state index contributed by atoms with van der Waals surface area (Å²) in [6, 6.07) is 4.74. The second-order valence-corrected chi connectivity index (χ2v) is 4.78. The van der Waals surface area contributed by atoms with Crippen LogP contribution in [0, 0.1) is 18.7 Å². The molecule has 1 N–H and O–H groups in total. The van der Waals surface area contributed by atoms with Crippen LogP contribution < -0.4 is 0 Å². The molecule has 0 aliphatic carbocycles. The average molecular weight is 238 g/mol. The van der Waals surface area contributed by atoms with Crippen LogP contribution in [0.25, 0.3) is 0 Å². The molecule has 1 aliphatic rings. The van der Waals surface area contributed by atoms with Gasteiger partial charge in [-0.15, -0.1) is 0 Å². The van der Waals surface area contributed by atoms with Gasteiger partial charge in [-0.1, -0.05) is 13.0 Å². The number of rotatable bonds is 3. The predicted octanol–water partition coefficient (Wildman–Crippen LogP) is 2.98. The topological polar surface area (TPSA) is 29.5 Å². The minimum atomic E-state index is -0.628. The van der Waals surface area contributed by atoms with E-state index in [9.17, 15) is 9.50 Å². The highest BCUT2D eigenvalue weighted by Crippen LogP contribution is 2.35. The molecule has 1 saturated heterocycles. The third-order valence-corrected chi connectivity index (χ3v) is 3.47. The Hall–Kier alpha value is -0.930. The predicted molar refractivity (Wildman–Crippen MR) is 64.2 cm³/mol. The van der Waals surface area contributed by atoms with Crippen LogP contribution in [0.5, 0.6) is 0 Å². The van der Waals surface area contributed by atoms with Crippen molar-refractivity contribution in [2.24, 2.45) is 5.92 Å². The molecule has 0 amide bonds. The molecule has 1 fully saturated rings. The van der Waals surface area contributed by atoms with E-state index in [2.05, 4.69) is 0 Å². The SMILES string of the molecule is CCC1OCCC1C(O)c1cc(C)cc(F)c1. The zero-order chi connectivity index (χ0) is 12.4. The maximum Gasteiger partial charge on any atom is 0.123 e. The van der Waals surface area contributed by atoms with Crippen LogP contribution in [-0.4, -0.2) is 17.8 Å². The summed E-state index contributed by atoms with van der Waals surface area (Å²) < 4.78 is 18.9. The Labute approximate surface area is 101 Å². The molecule has 3 heteroatoms.